The molecule has 0 saturated carbocycles. The minimum Gasteiger partial charge on any atom is -0.497 e. The largest absolute Gasteiger partial charge is 0.497 e. The highest BCUT2D eigenvalue weighted by atomic mass is 16.6. The van der Waals surface area contributed by atoms with Crippen LogP contribution in [0.15, 0.2) is 35.3 Å². The number of anilines is 1. The van der Waals surface area contributed by atoms with Gasteiger partial charge < -0.3 is 19.5 Å². The average Bonchev–Trinajstić information content (AvgIpc) is 2.73. The number of rotatable bonds is 10. The fraction of sp³-hybridized carbons (Fsp3) is 0.478. The Labute approximate surface area is 188 Å². The first kappa shape index (κ1) is 24.9. The SMILES string of the molecule is [C-]#[N+]c1c(N[C@@H](C)COCCC(=O)OC(C)(C)C)cnn(Cc2ccc(OC)cc2)c1=O. The van der Waals surface area contributed by atoms with Gasteiger partial charge >= 0.3 is 5.97 Å². The van der Waals surface area contributed by atoms with Crippen molar-refractivity contribution in [2.24, 2.45) is 0 Å². The van der Waals surface area contributed by atoms with Gasteiger partial charge in [-0.2, -0.15) is 5.10 Å². The summed E-state index contributed by atoms with van der Waals surface area (Å²) in [5, 5.41) is 7.28. The van der Waals surface area contributed by atoms with Gasteiger partial charge in [-0.1, -0.05) is 12.1 Å². The molecule has 0 radical (unpaired) electrons. The summed E-state index contributed by atoms with van der Waals surface area (Å²) in [6.07, 6.45) is 1.62. The molecule has 0 amide bonds. The van der Waals surface area contributed by atoms with Crippen LogP contribution in [0.3, 0.4) is 0 Å². The number of nitrogens with zero attached hydrogens (tertiary/aromatic N) is 3. The first-order valence-corrected chi connectivity index (χ1v) is 10.3. The van der Waals surface area contributed by atoms with E-state index in [9.17, 15) is 9.59 Å². The van der Waals surface area contributed by atoms with Crippen LogP contribution >= 0.6 is 0 Å². The molecular weight excluding hydrogens is 412 g/mol. The zero-order valence-electron chi connectivity index (χ0n) is 19.2. The summed E-state index contributed by atoms with van der Waals surface area (Å²) in [4.78, 5) is 27.8. The van der Waals surface area contributed by atoms with Gasteiger partial charge in [0.25, 0.3) is 11.2 Å². The number of carbonyl (C=O) groups is 1. The van der Waals surface area contributed by atoms with Crippen molar-refractivity contribution >= 4 is 17.3 Å². The van der Waals surface area contributed by atoms with E-state index < -0.39 is 11.2 Å². The molecule has 0 spiro atoms. The number of hydrogen-bond donors (Lipinski definition) is 1. The summed E-state index contributed by atoms with van der Waals surface area (Å²) in [7, 11) is 1.59. The number of carbonyl (C=O) groups excluding carboxylic acids is 1. The monoisotopic (exact) mass is 442 g/mol. The molecule has 1 aromatic heterocycles. The molecule has 1 heterocycles. The maximum atomic E-state index is 12.7. The zero-order valence-corrected chi connectivity index (χ0v) is 19.2. The zero-order chi connectivity index (χ0) is 23.7. The third-order valence-corrected chi connectivity index (χ3v) is 4.26. The number of methoxy groups -OCH3 is 1. The van der Waals surface area contributed by atoms with Crippen molar-refractivity contribution in [3.63, 3.8) is 0 Å². The van der Waals surface area contributed by atoms with Gasteiger partial charge in [-0.3, -0.25) is 9.59 Å². The highest BCUT2D eigenvalue weighted by Gasteiger charge is 2.17. The van der Waals surface area contributed by atoms with Crippen LogP contribution in [0.4, 0.5) is 11.4 Å². The van der Waals surface area contributed by atoms with E-state index in [1.54, 1.807) is 19.2 Å². The van der Waals surface area contributed by atoms with E-state index in [1.807, 2.05) is 39.8 Å². The predicted octanol–water partition coefficient (Wildman–Crippen LogP) is 3.40. The minimum absolute atomic E-state index is 0.0332. The summed E-state index contributed by atoms with van der Waals surface area (Å²) in [5.41, 5.74) is 0.180. The molecule has 9 nitrogen and oxygen atoms in total. The van der Waals surface area contributed by atoms with E-state index in [0.29, 0.717) is 5.69 Å². The van der Waals surface area contributed by atoms with Crippen LogP contribution in [0.5, 0.6) is 5.75 Å². The summed E-state index contributed by atoms with van der Waals surface area (Å²) in [6.45, 7) is 15.5. The number of aromatic nitrogens is 2. The van der Waals surface area contributed by atoms with Gasteiger partial charge in [-0.05, 0) is 45.4 Å². The standard InChI is InChI=1S/C23H30N4O5/c1-16(15-31-12-11-20(28)32-23(2,3)4)26-19-13-25-27(22(29)21(19)24-5)14-17-7-9-18(30-6)10-8-17/h7-10,13,16,26H,11-12,14-15H2,1-4,6H3/t16-/m0/s1. The third-order valence-electron chi connectivity index (χ3n) is 4.26. The Morgan fingerprint density at radius 3 is 2.56 bits per heavy atom. The summed E-state index contributed by atoms with van der Waals surface area (Å²) in [6, 6.07) is 7.08. The number of ether oxygens (including phenoxy) is 3. The van der Waals surface area contributed by atoms with Crippen molar-refractivity contribution in [1.82, 2.24) is 9.78 Å². The van der Waals surface area contributed by atoms with E-state index in [-0.39, 0.29) is 43.9 Å². The number of esters is 1. The van der Waals surface area contributed by atoms with E-state index in [1.165, 1.54) is 10.9 Å². The molecule has 0 bridgehead atoms. The summed E-state index contributed by atoms with van der Waals surface area (Å²) < 4.78 is 17.1. The van der Waals surface area contributed by atoms with E-state index in [0.717, 1.165) is 11.3 Å². The molecule has 1 N–H and O–H groups in total. The van der Waals surface area contributed by atoms with Gasteiger partial charge in [0.05, 0.1) is 51.7 Å². The van der Waals surface area contributed by atoms with Crippen LogP contribution in [0.25, 0.3) is 4.85 Å². The van der Waals surface area contributed by atoms with Crippen LogP contribution in [0.1, 0.15) is 39.7 Å². The molecule has 2 rings (SSSR count). The van der Waals surface area contributed by atoms with Crippen LogP contribution in [0, 0.1) is 6.57 Å². The van der Waals surface area contributed by atoms with Crippen molar-refractivity contribution in [2.45, 2.75) is 52.3 Å². The maximum Gasteiger partial charge on any atom is 0.308 e. The van der Waals surface area contributed by atoms with E-state index in [4.69, 9.17) is 20.8 Å². The van der Waals surface area contributed by atoms with Crippen LogP contribution in [0.2, 0.25) is 0 Å². The molecule has 172 valence electrons. The van der Waals surface area contributed by atoms with Gasteiger partial charge in [0.2, 0.25) is 0 Å². The Bertz CT molecular complexity index is 1000. The van der Waals surface area contributed by atoms with Gasteiger partial charge in [-0.25, -0.2) is 9.53 Å². The van der Waals surface area contributed by atoms with Crippen molar-refractivity contribution in [3.05, 3.63) is 57.8 Å². The van der Waals surface area contributed by atoms with Gasteiger partial charge in [-0.15, -0.1) is 0 Å². The Hall–Kier alpha value is -3.38. The Kier molecular flexibility index (Phi) is 8.79. The Balaban J connectivity index is 1.94. The lowest BCUT2D eigenvalue weighted by molar-refractivity contribution is -0.156. The first-order chi connectivity index (χ1) is 15.1. The molecular formula is C23H30N4O5. The molecule has 1 aromatic carbocycles. The molecule has 0 saturated heterocycles. The number of hydrogen-bond acceptors (Lipinski definition) is 7. The molecule has 2 aromatic rings. The minimum atomic E-state index is -0.525. The van der Waals surface area contributed by atoms with E-state index in [2.05, 4.69) is 15.3 Å². The highest BCUT2D eigenvalue weighted by molar-refractivity contribution is 5.70. The molecule has 0 aliphatic rings. The van der Waals surface area contributed by atoms with Crippen molar-refractivity contribution in [2.75, 3.05) is 25.6 Å². The normalized spacial score (nSPS) is 12.0. The second kappa shape index (κ2) is 11.3. The Morgan fingerprint density at radius 2 is 1.97 bits per heavy atom. The van der Waals surface area contributed by atoms with Crippen molar-refractivity contribution in [3.8, 4) is 5.75 Å². The molecule has 0 aliphatic heterocycles. The second-order valence-electron chi connectivity index (χ2n) is 8.29. The van der Waals surface area contributed by atoms with E-state index >= 15 is 0 Å². The quantitative estimate of drug-likeness (QED) is 0.342. The Morgan fingerprint density at radius 1 is 1.28 bits per heavy atom. The molecule has 0 unspecified atom stereocenters. The van der Waals surface area contributed by atoms with Gasteiger partial charge in [0.15, 0.2) is 0 Å². The first-order valence-electron chi connectivity index (χ1n) is 10.3. The predicted molar refractivity (Wildman–Crippen MR) is 121 cm³/mol. The number of nitrogens with one attached hydrogen (secondary N) is 1. The lowest BCUT2D eigenvalue weighted by atomic mass is 10.2. The lowest BCUT2D eigenvalue weighted by Gasteiger charge is -2.20. The molecule has 1 atom stereocenters. The number of benzene rings is 1. The molecule has 0 fully saturated rings. The van der Waals surface area contributed by atoms with Crippen molar-refractivity contribution in [1.29, 1.82) is 0 Å². The molecule has 32 heavy (non-hydrogen) atoms. The van der Waals surface area contributed by atoms with Gasteiger partial charge in [0, 0.05) is 6.04 Å². The fourth-order valence-electron chi connectivity index (χ4n) is 2.82. The molecule has 9 heteroatoms. The summed E-state index contributed by atoms with van der Waals surface area (Å²) in [5.74, 6) is 0.399. The molecule has 0 aliphatic carbocycles. The fourth-order valence-corrected chi connectivity index (χ4v) is 2.82. The van der Waals surface area contributed by atoms with Crippen LogP contribution in [-0.2, 0) is 20.8 Å². The topological polar surface area (TPSA) is 96.0 Å². The van der Waals surface area contributed by atoms with Crippen LogP contribution in [-0.4, -0.2) is 47.7 Å². The average molecular weight is 443 g/mol. The lowest BCUT2D eigenvalue weighted by Crippen LogP contribution is -2.28. The van der Waals surface area contributed by atoms with Crippen molar-refractivity contribution < 1.29 is 19.0 Å². The summed E-state index contributed by atoms with van der Waals surface area (Å²) >= 11 is 0. The highest BCUT2D eigenvalue weighted by Crippen LogP contribution is 2.20. The third kappa shape index (κ3) is 7.71. The van der Waals surface area contributed by atoms with Crippen LogP contribution < -0.4 is 15.6 Å². The smallest absolute Gasteiger partial charge is 0.308 e. The second-order valence-corrected chi connectivity index (χ2v) is 8.29. The van der Waals surface area contributed by atoms with Gasteiger partial charge in [0.1, 0.15) is 11.4 Å². The maximum absolute atomic E-state index is 12.7.